The normalized spacial score (nSPS) is 16.5. The molecule has 0 heterocycles. The number of hydrogen-bond acceptors (Lipinski definition) is 0. The minimum absolute atomic E-state index is 0. The molecular weight excluding hydrogens is 353 g/mol. The second-order valence-corrected chi connectivity index (χ2v) is 11.6. The second kappa shape index (κ2) is 7.59. The molecule has 0 aliphatic carbocycles. The Balaban J connectivity index is 0. The molecule has 0 aromatic heterocycles. The smallest absolute Gasteiger partial charge is 0.109 e. The van der Waals surface area contributed by atoms with Gasteiger partial charge in [0.15, 0.2) is 0 Å². The zero-order valence-corrected chi connectivity index (χ0v) is 16.0. The Morgan fingerprint density at radius 2 is 1.44 bits per heavy atom. The predicted octanol–water partition coefficient (Wildman–Crippen LogP) is 6.15. The third kappa shape index (κ3) is 5.88. The molecule has 0 aromatic carbocycles. The van der Waals surface area contributed by atoms with Gasteiger partial charge in [-0.25, -0.2) is 0 Å². The van der Waals surface area contributed by atoms with Crippen LogP contribution >= 0.6 is 19.5 Å². The van der Waals surface area contributed by atoms with Gasteiger partial charge in [-0.2, -0.15) is 0 Å². The molecular formula is C15H28ClPPd+2. The molecule has 18 heavy (non-hydrogen) atoms. The molecule has 0 amide bonds. The van der Waals surface area contributed by atoms with Crippen molar-refractivity contribution in [2.75, 3.05) is 0 Å². The number of allylic oxidation sites excluding steroid dienone is 3. The van der Waals surface area contributed by atoms with Gasteiger partial charge in [-0.15, -0.1) is 18.2 Å². The summed E-state index contributed by atoms with van der Waals surface area (Å²) in [5.41, 5.74) is 0. The van der Waals surface area contributed by atoms with Crippen LogP contribution in [0.1, 0.15) is 54.9 Å². The molecule has 0 nitrogen and oxygen atoms in total. The fourth-order valence-electron chi connectivity index (χ4n) is 2.81. The van der Waals surface area contributed by atoms with Crippen LogP contribution in [0.2, 0.25) is 0 Å². The minimum Gasteiger partial charge on any atom is -0.109 e. The molecule has 0 aromatic rings. The number of hydrogen-bond donors (Lipinski definition) is 0. The van der Waals surface area contributed by atoms with E-state index < -0.39 is 7.92 Å². The molecule has 0 bridgehead atoms. The summed E-state index contributed by atoms with van der Waals surface area (Å²) in [6.45, 7) is 19.7. The monoisotopic (exact) mass is 380 g/mol. The summed E-state index contributed by atoms with van der Waals surface area (Å²) in [7, 11) is -0.393. The van der Waals surface area contributed by atoms with Crippen molar-refractivity contribution in [3.63, 3.8) is 0 Å². The van der Waals surface area contributed by atoms with E-state index in [1.165, 1.54) is 0 Å². The average molecular weight is 381 g/mol. The number of alkyl halides is 1. The number of halogens is 1. The largest absolute Gasteiger partial charge is 2.00 e. The summed E-state index contributed by atoms with van der Waals surface area (Å²) < 4.78 is -0.275. The maximum Gasteiger partial charge on any atom is 2.00 e. The standard InChI is InChI=1S/C15H28ClP.Pd/c1-9-11-15(16,12-10-2)17(13(3,4)5)14(6,7)8;/h9-10,12H,1,11H2,2-8H3;/q;+2. The first-order valence-corrected chi connectivity index (χ1v) is 7.95. The van der Waals surface area contributed by atoms with Crippen LogP contribution in [-0.2, 0) is 20.4 Å². The van der Waals surface area contributed by atoms with Gasteiger partial charge in [0.1, 0.15) is 0 Å². The Labute approximate surface area is 134 Å². The quantitative estimate of drug-likeness (QED) is 0.237. The Bertz CT molecular complexity index is 272. The van der Waals surface area contributed by atoms with E-state index in [2.05, 4.69) is 60.3 Å². The maximum absolute atomic E-state index is 6.95. The van der Waals surface area contributed by atoms with E-state index in [0.29, 0.717) is 0 Å². The SMILES string of the molecule is C=CCC(Cl)(C=CC)P(C(C)(C)C)C(C)(C)C.[Pd+2]. The van der Waals surface area contributed by atoms with Crippen LogP contribution in [0.5, 0.6) is 0 Å². The molecule has 1 unspecified atom stereocenters. The molecule has 1 atom stereocenters. The van der Waals surface area contributed by atoms with E-state index in [9.17, 15) is 0 Å². The van der Waals surface area contributed by atoms with E-state index in [-0.39, 0.29) is 35.4 Å². The Kier molecular flexibility index (Phi) is 8.93. The van der Waals surface area contributed by atoms with Crippen LogP contribution in [0.25, 0.3) is 0 Å². The van der Waals surface area contributed by atoms with E-state index in [0.717, 1.165) is 6.42 Å². The van der Waals surface area contributed by atoms with Gasteiger partial charge in [-0.1, -0.05) is 67.7 Å². The first kappa shape index (κ1) is 21.2. The van der Waals surface area contributed by atoms with Crippen LogP contribution in [-0.4, -0.2) is 14.9 Å². The van der Waals surface area contributed by atoms with Gasteiger partial charge < -0.3 is 0 Å². The van der Waals surface area contributed by atoms with Crippen LogP contribution in [0.15, 0.2) is 24.8 Å². The van der Waals surface area contributed by atoms with Gasteiger partial charge in [-0.05, 0) is 23.7 Å². The Hall–Kier alpha value is 0.862. The first-order chi connectivity index (χ1) is 7.49. The topological polar surface area (TPSA) is 0 Å². The molecule has 0 spiro atoms. The maximum atomic E-state index is 6.95. The molecule has 0 saturated carbocycles. The van der Waals surface area contributed by atoms with Crippen molar-refractivity contribution in [1.82, 2.24) is 0 Å². The zero-order chi connectivity index (χ0) is 13.9. The summed E-state index contributed by atoms with van der Waals surface area (Å²) in [6.07, 6.45) is 7.01. The minimum atomic E-state index is -0.393. The summed E-state index contributed by atoms with van der Waals surface area (Å²) in [5.74, 6) is 0. The molecule has 0 saturated heterocycles. The van der Waals surface area contributed by atoms with E-state index in [1.54, 1.807) is 0 Å². The molecule has 3 heteroatoms. The Morgan fingerprint density at radius 1 is 1.06 bits per heavy atom. The first-order valence-electron chi connectivity index (χ1n) is 6.23. The van der Waals surface area contributed by atoms with Crippen molar-refractivity contribution in [1.29, 1.82) is 0 Å². The summed E-state index contributed by atoms with van der Waals surface area (Å²) >= 11 is 6.95. The second-order valence-electron chi connectivity index (χ2n) is 6.49. The molecule has 0 aliphatic heterocycles. The third-order valence-electron chi connectivity index (χ3n) is 2.57. The van der Waals surface area contributed by atoms with Gasteiger partial charge in [0.2, 0.25) is 0 Å². The van der Waals surface area contributed by atoms with Gasteiger partial charge in [-0.3, -0.25) is 0 Å². The average Bonchev–Trinajstić information content (AvgIpc) is 1.97. The van der Waals surface area contributed by atoms with Crippen LogP contribution < -0.4 is 0 Å². The van der Waals surface area contributed by atoms with Crippen molar-refractivity contribution in [3.8, 4) is 0 Å². The third-order valence-corrected chi connectivity index (χ3v) is 7.11. The van der Waals surface area contributed by atoms with Crippen molar-refractivity contribution < 1.29 is 20.4 Å². The van der Waals surface area contributed by atoms with E-state index in [1.807, 2.05) is 13.0 Å². The fraction of sp³-hybridized carbons (Fsp3) is 0.733. The summed E-state index contributed by atoms with van der Waals surface area (Å²) in [4.78, 5) is 0. The molecule has 0 aliphatic rings. The molecule has 0 N–H and O–H groups in total. The molecule has 0 radical (unpaired) electrons. The van der Waals surface area contributed by atoms with Crippen molar-refractivity contribution in [3.05, 3.63) is 24.8 Å². The van der Waals surface area contributed by atoms with Crippen molar-refractivity contribution >= 4 is 19.5 Å². The molecule has 108 valence electrons. The van der Waals surface area contributed by atoms with E-state index in [4.69, 9.17) is 11.6 Å². The van der Waals surface area contributed by atoms with Gasteiger partial charge in [0.25, 0.3) is 0 Å². The Morgan fingerprint density at radius 3 is 1.67 bits per heavy atom. The van der Waals surface area contributed by atoms with Crippen molar-refractivity contribution in [2.24, 2.45) is 0 Å². The fourth-order valence-corrected chi connectivity index (χ4v) is 9.42. The zero-order valence-electron chi connectivity index (χ0n) is 12.8. The van der Waals surface area contributed by atoms with Gasteiger partial charge in [0.05, 0.1) is 4.62 Å². The van der Waals surface area contributed by atoms with E-state index >= 15 is 0 Å². The van der Waals surface area contributed by atoms with Crippen LogP contribution in [0.4, 0.5) is 0 Å². The molecule has 0 fully saturated rings. The number of rotatable bonds is 4. The van der Waals surface area contributed by atoms with Crippen LogP contribution in [0, 0.1) is 0 Å². The van der Waals surface area contributed by atoms with Gasteiger partial charge in [0, 0.05) is 0 Å². The van der Waals surface area contributed by atoms with Gasteiger partial charge >= 0.3 is 20.4 Å². The van der Waals surface area contributed by atoms with Crippen molar-refractivity contribution in [2.45, 2.75) is 69.8 Å². The summed E-state index contributed by atoms with van der Waals surface area (Å²) in [5, 5.41) is 0.440. The predicted molar refractivity (Wildman–Crippen MR) is 84.6 cm³/mol. The summed E-state index contributed by atoms with van der Waals surface area (Å²) in [6, 6.07) is 0. The molecule has 0 rings (SSSR count). The van der Waals surface area contributed by atoms with Crippen LogP contribution in [0.3, 0.4) is 0 Å².